The number of aromatic nitrogens is 4. The maximum atomic E-state index is 5.64. The van der Waals surface area contributed by atoms with Gasteiger partial charge in [0.2, 0.25) is 17.7 Å². The SMILES string of the molecule is COc1ccnc(N2CCN(CCOc3ccc(C)nn3)CC2)n1. The van der Waals surface area contributed by atoms with Gasteiger partial charge >= 0.3 is 0 Å². The van der Waals surface area contributed by atoms with Gasteiger partial charge < -0.3 is 14.4 Å². The Hall–Kier alpha value is -2.48. The fourth-order valence-electron chi connectivity index (χ4n) is 2.51. The van der Waals surface area contributed by atoms with E-state index in [2.05, 4.69) is 30.0 Å². The molecule has 0 N–H and O–H groups in total. The first-order chi connectivity index (χ1) is 11.7. The molecule has 0 saturated carbocycles. The van der Waals surface area contributed by atoms with E-state index in [1.54, 1.807) is 19.4 Å². The summed E-state index contributed by atoms with van der Waals surface area (Å²) in [6, 6.07) is 5.50. The Morgan fingerprint density at radius 1 is 1.04 bits per heavy atom. The second-order valence-corrected chi connectivity index (χ2v) is 5.59. The molecule has 0 bridgehead atoms. The molecule has 3 heterocycles. The summed E-state index contributed by atoms with van der Waals surface area (Å²) in [5, 5.41) is 7.98. The third-order valence-electron chi connectivity index (χ3n) is 3.91. The summed E-state index contributed by atoms with van der Waals surface area (Å²) in [7, 11) is 1.61. The third kappa shape index (κ3) is 4.29. The van der Waals surface area contributed by atoms with Crippen molar-refractivity contribution in [2.24, 2.45) is 0 Å². The van der Waals surface area contributed by atoms with Crippen LogP contribution in [-0.2, 0) is 0 Å². The van der Waals surface area contributed by atoms with E-state index in [0.717, 1.165) is 44.4 Å². The summed E-state index contributed by atoms with van der Waals surface area (Å²) in [4.78, 5) is 13.2. The van der Waals surface area contributed by atoms with Crippen molar-refractivity contribution in [3.63, 3.8) is 0 Å². The average molecular weight is 330 g/mol. The van der Waals surface area contributed by atoms with Gasteiger partial charge in [0.05, 0.1) is 12.8 Å². The van der Waals surface area contributed by atoms with Gasteiger partial charge in [-0.3, -0.25) is 4.90 Å². The van der Waals surface area contributed by atoms with Crippen molar-refractivity contribution < 1.29 is 9.47 Å². The molecule has 3 rings (SSSR count). The van der Waals surface area contributed by atoms with Crippen molar-refractivity contribution in [1.82, 2.24) is 25.1 Å². The first-order valence-electron chi connectivity index (χ1n) is 8.02. The molecular formula is C16H22N6O2. The van der Waals surface area contributed by atoms with E-state index in [1.807, 2.05) is 19.1 Å². The highest BCUT2D eigenvalue weighted by molar-refractivity contribution is 5.32. The summed E-state index contributed by atoms with van der Waals surface area (Å²) in [5.74, 6) is 1.89. The van der Waals surface area contributed by atoms with Crippen LogP contribution in [0.1, 0.15) is 5.69 Å². The van der Waals surface area contributed by atoms with E-state index in [1.165, 1.54) is 0 Å². The molecule has 0 aromatic carbocycles. The Morgan fingerprint density at radius 3 is 2.58 bits per heavy atom. The van der Waals surface area contributed by atoms with Gasteiger partial charge in [0, 0.05) is 51.1 Å². The molecule has 1 saturated heterocycles. The number of ether oxygens (including phenoxy) is 2. The zero-order valence-electron chi connectivity index (χ0n) is 14.1. The molecule has 2 aromatic heterocycles. The molecule has 8 heteroatoms. The summed E-state index contributed by atoms with van der Waals surface area (Å²) < 4.78 is 10.8. The molecule has 1 aliphatic heterocycles. The topological polar surface area (TPSA) is 76.5 Å². The van der Waals surface area contributed by atoms with Gasteiger partial charge in [0.25, 0.3) is 0 Å². The first kappa shape index (κ1) is 16.4. The van der Waals surface area contributed by atoms with E-state index >= 15 is 0 Å². The van der Waals surface area contributed by atoms with Crippen LogP contribution in [0.3, 0.4) is 0 Å². The van der Waals surface area contributed by atoms with Gasteiger partial charge in [-0.25, -0.2) is 4.98 Å². The van der Waals surface area contributed by atoms with Crippen LogP contribution in [-0.4, -0.2) is 71.5 Å². The molecule has 0 radical (unpaired) electrons. The van der Waals surface area contributed by atoms with Crippen molar-refractivity contribution in [1.29, 1.82) is 0 Å². The number of aryl methyl sites for hydroxylation is 1. The highest BCUT2D eigenvalue weighted by Gasteiger charge is 2.19. The van der Waals surface area contributed by atoms with Gasteiger partial charge in [-0.15, -0.1) is 5.10 Å². The van der Waals surface area contributed by atoms with Crippen LogP contribution in [0.25, 0.3) is 0 Å². The van der Waals surface area contributed by atoms with Crippen LogP contribution in [0.4, 0.5) is 5.95 Å². The number of rotatable bonds is 6. The van der Waals surface area contributed by atoms with Crippen molar-refractivity contribution in [3.8, 4) is 11.8 Å². The van der Waals surface area contributed by atoms with Gasteiger partial charge in [-0.2, -0.15) is 10.1 Å². The minimum Gasteiger partial charge on any atom is -0.481 e. The summed E-state index contributed by atoms with van der Waals surface area (Å²) in [6.45, 7) is 7.04. The van der Waals surface area contributed by atoms with E-state index in [0.29, 0.717) is 18.4 Å². The normalized spacial score (nSPS) is 15.3. The molecule has 128 valence electrons. The van der Waals surface area contributed by atoms with Crippen LogP contribution in [0.5, 0.6) is 11.8 Å². The minimum atomic E-state index is 0.573. The number of anilines is 1. The Morgan fingerprint density at radius 2 is 1.88 bits per heavy atom. The lowest BCUT2D eigenvalue weighted by molar-refractivity contribution is 0.195. The Balaban J connectivity index is 1.42. The second-order valence-electron chi connectivity index (χ2n) is 5.59. The Kier molecular flexibility index (Phi) is 5.37. The van der Waals surface area contributed by atoms with Crippen LogP contribution >= 0.6 is 0 Å². The number of hydrogen-bond donors (Lipinski definition) is 0. The molecule has 2 aromatic rings. The lowest BCUT2D eigenvalue weighted by atomic mass is 10.3. The van der Waals surface area contributed by atoms with E-state index in [-0.39, 0.29) is 0 Å². The maximum Gasteiger partial charge on any atom is 0.233 e. The maximum absolute atomic E-state index is 5.64. The number of hydrogen-bond acceptors (Lipinski definition) is 8. The van der Waals surface area contributed by atoms with Gasteiger partial charge in [0.15, 0.2) is 0 Å². The largest absolute Gasteiger partial charge is 0.481 e. The van der Waals surface area contributed by atoms with Gasteiger partial charge in [-0.05, 0) is 13.0 Å². The van der Waals surface area contributed by atoms with Gasteiger partial charge in [-0.1, -0.05) is 0 Å². The predicted molar refractivity (Wildman–Crippen MR) is 89.5 cm³/mol. The third-order valence-corrected chi connectivity index (χ3v) is 3.91. The van der Waals surface area contributed by atoms with E-state index < -0.39 is 0 Å². The fraction of sp³-hybridized carbons (Fsp3) is 0.500. The quantitative estimate of drug-likeness (QED) is 0.769. The Labute approximate surface area is 141 Å². The lowest BCUT2D eigenvalue weighted by Crippen LogP contribution is -2.48. The highest BCUT2D eigenvalue weighted by atomic mass is 16.5. The van der Waals surface area contributed by atoms with Crippen molar-refractivity contribution in [2.75, 3.05) is 51.3 Å². The van der Waals surface area contributed by atoms with Crippen molar-refractivity contribution in [3.05, 3.63) is 30.1 Å². The zero-order chi connectivity index (χ0) is 16.8. The van der Waals surface area contributed by atoms with Crippen molar-refractivity contribution >= 4 is 5.95 Å². The summed E-state index contributed by atoms with van der Waals surface area (Å²) in [6.07, 6.45) is 1.73. The molecule has 0 spiro atoms. The zero-order valence-corrected chi connectivity index (χ0v) is 14.1. The highest BCUT2D eigenvalue weighted by Crippen LogP contribution is 2.14. The van der Waals surface area contributed by atoms with Crippen LogP contribution in [0.15, 0.2) is 24.4 Å². The lowest BCUT2D eigenvalue weighted by Gasteiger charge is -2.34. The molecule has 0 aliphatic carbocycles. The van der Waals surface area contributed by atoms with Gasteiger partial charge in [0.1, 0.15) is 6.61 Å². The second kappa shape index (κ2) is 7.87. The van der Waals surface area contributed by atoms with Crippen LogP contribution < -0.4 is 14.4 Å². The van der Waals surface area contributed by atoms with Crippen molar-refractivity contribution in [2.45, 2.75) is 6.92 Å². The summed E-state index contributed by atoms with van der Waals surface area (Å²) in [5.41, 5.74) is 0.887. The van der Waals surface area contributed by atoms with E-state index in [4.69, 9.17) is 9.47 Å². The molecule has 8 nitrogen and oxygen atoms in total. The fourth-order valence-corrected chi connectivity index (χ4v) is 2.51. The summed E-state index contributed by atoms with van der Waals surface area (Å²) >= 11 is 0. The number of piperazine rings is 1. The molecule has 24 heavy (non-hydrogen) atoms. The first-order valence-corrected chi connectivity index (χ1v) is 8.02. The molecule has 1 aliphatic rings. The molecule has 0 atom stereocenters. The predicted octanol–water partition coefficient (Wildman–Crippen LogP) is 0.785. The molecule has 0 unspecified atom stereocenters. The standard InChI is InChI=1S/C16H22N6O2/c1-13-3-4-15(20-19-13)24-12-11-21-7-9-22(10-8-21)16-17-6-5-14(18-16)23-2/h3-6H,7-12H2,1-2H3. The van der Waals surface area contributed by atoms with Crippen LogP contribution in [0, 0.1) is 6.92 Å². The van der Waals surface area contributed by atoms with E-state index in [9.17, 15) is 0 Å². The average Bonchev–Trinajstić information content (AvgIpc) is 2.64. The Bertz CT molecular complexity index is 643. The molecule has 1 fully saturated rings. The molecule has 0 amide bonds. The van der Waals surface area contributed by atoms with Crippen LogP contribution in [0.2, 0.25) is 0 Å². The minimum absolute atomic E-state index is 0.573. The number of nitrogens with zero attached hydrogens (tertiary/aromatic N) is 6. The smallest absolute Gasteiger partial charge is 0.233 e. The monoisotopic (exact) mass is 330 g/mol. The molecular weight excluding hydrogens is 308 g/mol. The number of methoxy groups -OCH3 is 1.